The SMILES string of the molecule is [2H]c1c([2H])c(-c2ccc(-c3ccc([Si](C)(C)C)cc3)cc2)c([2H])c(-c2c([2H])c([2H])c([2H])c(-c3nc(-c4ccccc4)nc(-c4ccc(-c5ccccc5)cc4)n3)c2[2H])c1[2H]. The molecule has 0 saturated heterocycles. The zero-order valence-electron chi connectivity index (χ0n) is 37.0. The second-order valence-corrected chi connectivity index (χ2v) is 18.6. The molecule has 8 rings (SSSR count). The quantitative estimate of drug-likeness (QED) is 0.149. The standard InChI is InChI=1S/C48H39N3Si/c1-52(2,3)45-30-28-37(29-31-45)36-20-22-38(23-21-36)41-16-10-17-42(32-41)43-18-11-19-44(33-43)48-50-46(39-14-8-5-9-15-39)49-47(51-48)40-26-24-35(25-27-40)34-12-6-4-7-13-34/h4-33H,1-3H3/i10D,11D,16D,17D,18D,19D,32D,33D. The molecule has 7 aromatic carbocycles. The second kappa shape index (κ2) is 14.2. The van der Waals surface area contributed by atoms with Crippen LogP contribution in [-0.2, 0) is 0 Å². The van der Waals surface area contributed by atoms with Crippen LogP contribution < -0.4 is 5.19 Å². The van der Waals surface area contributed by atoms with Gasteiger partial charge in [0.05, 0.1) is 19.0 Å². The minimum absolute atomic E-state index is 0.0567. The minimum Gasteiger partial charge on any atom is -0.208 e. The van der Waals surface area contributed by atoms with Gasteiger partial charge in [0.1, 0.15) is 0 Å². The van der Waals surface area contributed by atoms with Crippen molar-refractivity contribution >= 4 is 13.3 Å². The van der Waals surface area contributed by atoms with Gasteiger partial charge in [0.2, 0.25) is 0 Å². The first kappa shape index (κ1) is 24.8. The molecule has 0 saturated carbocycles. The lowest BCUT2D eigenvalue weighted by Gasteiger charge is -2.16. The van der Waals surface area contributed by atoms with E-state index in [-0.39, 0.29) is 51.8 Å². The lowest BCUT2D eigenvalue weighted by molar-refractivity contribution is 1.07. The van der Waals surface area contributed by atoms with Gasteiger partial charge in [-0.15, -0.1) is 0 Å². The Labute approximate surface area is 318 Å². The molecular weight excluding hydrogens is 647 g/mol. The first-order valence-corrected chi connectivity index (χ1v) is 20.6. The summed E-state index contributed by atoms with van der Waals surface area (Å²) < 4.78 is 72.7. The lowest BCUT2D eigenvalue weighted by Crippen LogP contribution is -2.37. The summed E-state index contributed by atoms with van der Waals surface area (Å²) in [6.07, 6.45) is 0. The van der Waals surface area contributed by atoms with E-state index in [0.29, 0.717) is 16.7 Å². The van der Waals surface area contributed by atoms with E-state index in [1.165, 1.54) is 5.19 Å². The Morgan fingerprint density at radius 1 is 0.346 bits per heavy atom. The monoisotopic (exact) mass is 693 g/mol. The van der Waals surface area contributed by atoms with Gasteiger partial charge in [-0.2, -0.15) is 0 Å². The Morgan fingerprint density at radius 2 is 0.654 bits per heavy atom. The Balaban J connectivity index is 1.28. The third-order valence-corrected chi connectivity index (χ3v) is 11.0. The molecule has 0 atom stereocenters. The predicted octanol–water partition coefficient (Wildman–Crippen LogP) is 12.1. The number of benzene rings is 7. The summed E-state index contributed by atoms with van der Waals surface area (Å²) in [6.45, 7) is 6.88. The number of aromatic nitrogens is 3. The van der Waals surface area contributed by atoms with Gasteiger partial charge in [-0.05, 0) is 56.6 Å². The smallest absolute Gasteiger partial charge is 0.164 e. The van der Waals surface area contributed by atoms with Gasteiger partial charge in [0, 0.05) is 16.7 Å². The molecule has 0 radical (unpaired) electrons. The molecule has 3 nitrogen and oxygen atoms in total. The number of hydrogen-bond donors (Lipinski definition) is 0. The summed E-state index contributed by atoms with van der Waals surface area (Å²) in [6, 6.07) is 38.8. The van der Waals surface area contributed by atoms with Gasteiger partial charge in [-0.1, -0.05) is 195 Å². The fourth-order valence-electron chi connectivity index (χ4n) is 5.96. The zero-order valence-corrected chi connectivity index (χ0v) is 30.0. The zero-order chi connectivity index (χ0) is 42.5. The molecular formula is C48H39N3Si. The van der Waals surface area contributed by atoms with Gasteiger partial charge in [-0.3, -0.25) is 0 Å². The molecule has 52 heavy (non-hydrogen) atoms. The molecule has 0 aliphatic heterocycles. The van der Waals surface area contributed by atoms with Crippen molar-refractivity contribution in [3.63, 3.8) is 0 Å². The van der Waals surface area contributed by atoms with Gasteiger partial charge >= 0.3 is 0 Å². The first-order chi connectivity index (χ1) is 28.7. The summed E-state index contributed by atoms with van der Waals surface area (Å²) in [7, 11) is -1.48. The van der Waals surface area contributed by atoms with Crippen molar-refractivity contribution < 1.29 is 11.0 Å². The topological polar surface area (TPSA) is 38.7 Å². The van der Waals surface area contributed by atoms with E-state index >= 15 is 0 Å². The van der Waals surface area contributed by atoms with Crippen molar-refractivity contribution in [2.45, 2.75) is 19.6 Å². The molecule has 0 spiro atoms. The van der Waals surface area contributed by atoms with Gasteiger partial charge < -0.3 is 0 Å². The summed E-state index contributed by atoms with van der Waals surface area (Å²) >= 11 is 0. The molecule has 1 heterocycles. The third kappa shape index (κ3) is 7.16. The molecule has 0 fully saturated rings. The maximum Gasteiger partial charge on any atom is 0.164 e. The molecule has 8 aromatic rings. The van der Waals surface area contributed by atoms with Crippen molar-refractivity contribution in [1.29, 1.82) is 0 Å². The van der Waals surface area contributed by atoms with Crippen molar-refractivity contribution in [3.8, 4) is 78.7 Å². The van der Waals surface area contributed by atoms with E-state index in [2.05, 4.69) is 43.9 Å². The summed E-state index contributed by atoms with van der Waals surface area (Å²) in [5.41, 5.74) is 5.04. The Kier molecular flexibility index (Phi) is 6.77. The molecule has 0 amide bonds. The van der Waals surface area contributed by atoms with Crippen LogP contribution in [0.15, 0.2) is 182 Å². The molecule has 0 aliphatic rings. The fraction of sp³-hybridized carbons (Fsp3) is 0.0625. The van der Waals surface area contributed by atoms with Crippen LogP contribution in [0.3, 0.4) is 0 Å². The summed E-state index contributed by atoms with van der Waals surface area (Å²) in [4.78, 5) is 14.3. The van der Waals surface area contributed by atoms with E-state index in [1.807, 2.05) is 97.1 Å². The number of hydrogen-bond acceptors (Lipinski definition) is 3. The predicted molar refractivity (Wildman–Crippen MR) is 221 cm³/mol. The van der Waals surface area contributed by atoms with Crippen LogP contribution in [0, 0.1) is 0 Å². The van der Waals surface area contributed by atoms with Crippen LogP contribution in [-0.4, -0.2) is 23.0 Å². The Hall–Kier alpha value is -6.23. The average Bonchev–Trinajstić information content (AvgIpc) is 3.27. The average molecular weight is 694 g/mol. The maximum atomic E-state index is 9.55. The third-order valence-electron chi connectivity index (χ3n) is 8.90. The Bertz CT molecular complexity index is 2900. The molecule has 250 valence electrons. The number of nitrogens with zero attached hydrogens (tertiary/aromatic N) is 3. The highest BCUT2D eigenvalue weighted by Gasteiger charge is 2.16. The van der Waals surface area contributed by atoms with Crippen LogP contribution in [0.1, 0.15) is 11.0 Å². The molecule has 0 aliphatic carbocycles. The molecule has 1 aromatic heterocycles. The fourth-order valence-corrected chi connectivity index (χ4v) is 7.13. The van der Waals surface area contributed by atoms with Crippen molar-refractivity contribution in [2.24, 2.45) is 0 Å². The summed E-state index contributed by atoms with van der Waals surface area (Å²) in [5.74, 6) is 0.426. The van der Waals surface area contributed by atoms with Crippen LogP contribution >= 0.6 is 0 Å². The first-order valence-electron chi connectivity index (χ1n) is 21.1. The van der Waals surface area contributed by atoms with Gasteiger partial charge in [0.15, 0.2) is 17.5 Å². The highest BCUT2D eigenvalue weighted by atomic mass is 28.3. The number of rotatable bonds is 8. The van der Waals surface area contributed by atoms with Gasteiger partial charge in [0.25, 0.3) is 0 Å². The molecule has 4 heteroatoms. The van der Waals surface area contributed by atoms with E-state index < -0.39 is 44.3 Å². The van der Waals surface area contributed by atoms with Crippen LogP contribution in [0.5, 0.6) is 0 Å². The van der Waals surface area contributed by atoms with E-state index in [4.69, 9.17) is 23.2 Å². The second-order valence-electron chi connectivity index (χ2n) is 13.5. The van der Waals surface area contributed by atoms with Crippen molar-refractivity contribution in [2.75, 3.05) is 0 Å². The summed E-state index contributed by atoms with van der Waals surface area (Å²) in [5, 5.41) is 1.34. The van der Waals surface area contributed by atoms with Gasteiger partial charge in [-0.25, -0.2) is 15.0 Å². The maximum absolute atomic E-state index is 9.55. The molecule has 0 N–H and O–H groups in total. The van der Waals surface area contributed by atoms with Crippen molar-refractivity contribution in [1.82, 2.24) is 15.0 Å². The van der Waals surface area contributed by atoms with E-state index in [9.17, 15) is 2.74 Å². The normalized spacial score (nSPS) is 13.5. The Morgan fingerprint density at radius 3 is 1.13 bits per heavy atom. The molecule has 0 bridgehead atoms. The van der Waals surface area contributed by atoms with E-state index in [1.54, 1.807) is 12.1 Å². The minimum atomic E-state index is -1.48. The van der Waals surface area contributed by atoms with Crippen LogP contribution in [0.2, 0.25) is 19.6 Å². The van der Waals surface area contributed by atoms with E-state index in [0.717, 1.165) is 22.3 Å². The highest BCUT2D eigenvalue weighted by Crippen LogP contribution is 2.32. The van der Waals surface area contributed by atoms with Crippen LogP contribution in [0.4, 0.5) is 0 Å². The van der Waals surface area contributed by atoms with Crippen LogP contribution in [0.25, 0.3) is 78.7 Å². The largest absolute Gasteiger partial charge is 0.208 e. The lowest BCUT2D eigenvalue weighted by atomic mass is 9.96. The highest BCUT2D eigenvalue weighted by molar-refractivity contribution is 6.88. The molecule has 0 unspecified atom stereocenters. The van der Waals surface area contributed by atoms with Crippen molar-refractivity contribution in [3.05, 3.63) is 182 Å².